The Bertz CT molecular complexity index is 498. The van der Waals surface area contributed by atoms with E-state index >= 15 is 0 Å². The Morgan fingerprint density at radius 2 is 1.91 bits per heavy atom. The molecule has 0 atom stereocenters. The highest BCUT2D eigenvalue weighted by Crippen LogP contribution is 2.19. The molecule has 0 unspecified atom stereocenters. The number of benzene rings is 1. The zero-order valence-electron chi connectivity index (χ0n) is 13.8. The Morgan fingerprint density at radius 3 is 2.50 bits per heavy atom. The lowest BCUT2D eigenvalue weighted by atomic mass is 9.97. The van der Waals surface area contributed by atoms with Gasteiger partial charge < -0.3 is 9.64 Å². The highest BCUT2D eigenvalue weighted by atomic mass is 16.6. The standard InChI is InChI=1S/C18H26N2O2/c1-18(2,3)22-17(21)20-11-9-16(10-12-20)14-19-13-15-7-5-4-6-8-15/h4-8,13,16H,9-12,14H2,1-3H3. The number of piperidine rings is 1. The van der Waals surface area contributed by atoms with Crippen LogP contribution in [0.15, 0.2) is 35.3 Å². The number of hydrogen-bond acceptors (Lipinski definition) is 3. The molecule has 4 nitrogen and oxygen atoms in total. The number of rotatable bonds is 3. The molecule has 0 aromatic heterocycles. The van der Waals surface area contributed by atoms with Crippen LogP contribution < -0.4 is 0 Å². The average Bonchev–Trinajstić information content (AvgIpc) is 2.47. The summed E-state index contributed by atoms with van der Waals surface area (Å²) < 4.78 is 5.41. The first-order chi connectivity index (χ1) is 10.4. The molecule has 22 heavy (non-hydrogen) atoms. The summed E-state index contributed by atoms with van der Waals surface area (Å²) >= 11 is 0. The molecule has 1 fully saturated rings. The van der Waals surface area contributed by atoms with Crippen LogP contribution in [-0.2, 0) is 4.74 Å². The van der Waals surface area contributed by atoms with E-state index in [1.54, 1.807) is 0 Å². The lowest BCUT2D eigenvalue weighted by Gasteiger charge is -2.32. The van der Waals surface area contributed by atoms with Gasteiger partial charge in [-0.05, 0) is 45.1 Å². The van der Waals surface area contributed by atoms with Gasteiger partial charge in [-0.1, -0.05) is 30.3 Å². The molecule has 1 aliphatic rings. The van der Waals surface area contributed by atoms with Gasteiger partial charge in [0.15, 0.2) is 0 Å². The molecular formula is C18H26N2O2. The van der Waals surface area contributed by atoms with E-state index < -0.39 is 5.60 Å². The minimum atomic E-state index is -0.423. The predicted molar refractivity (Wildman–Crippen MR) is 89.4 cm³/mol. The number of amides is 1. The van der Waals surface area contributed by atoms with Crippen LogP contribution in [0.25, 0.3) is 0 Å². The quantitative estimate of drug-likeness (QED) is 0.798. The third-order valence-electron chi connectivity index (χ3n) is 3.67. The number of hydrogen-bond donors (Lipinski definition) is 0. The molecule has 0 N–H and O–H groups in total. The Morgan fingerprint density at radius 1 is 1.27 bits per heavy atom. The molecule has 1 aromatic carbocycles. The van der Waals surface area contributed by atoms with E-state index in [0.717, 1.165) is 38.0 Å². The zero-order chi connectivity index (χ0) is 16.0. The summed E-state index contributed by atoms with van der Waals surface area (Å²) in [5, 5.41) is 0. The van der Waals surface area contributed by atoms with E-state index in [2.05, 4.69) is 17.1 Å². The molecule has 1 saturated heterocycles. The predicted octanol–water partition coefficient (Wildman–Crippen LogP) is 3.75. The fraction of sp³-hybridized carbons (Fsp3) is 0.556. The summed E-state index contributed by atoms with van der Waals surface area (Å²) in [7, 11) is 0. The average molecular weight is 302 g/mol. The lowest BCUT2D eigenvalue weighted by Crippen LogP contribution is -2.42. The topological polar surface area (TPSA) is 41.9 Å². The molecule has 1 amide bonds. The number of nitrogens with zero attached hydrogens (tertiary/aromatic N) is 2. The van der Waals surface area contributed by atoms with E-state index in [9.17, 15) is 4.79 Å². The molecule has 1 heterocycles. The summed E-state index contributed by atoms with van der Waals surface area (Å²) in [4.78, 5) is 18.3. The van der Waals surface area contributed by atoms with Crippen LogP contribution in [-0.4, -0.2) is 42.4 Å². The van der Waals surface area contributed by atoms with Crippen molar-refractivity contribution in [2.75, 3.05) is 19.6 Å². The van der Waals surface area contributed by atoms with Crippen LogP contribution >= 0.6 is 0 Å². The first kappa shape index (κ1) is 16.5. The Balaban J connectivity index is 1.73. The van der Waals surface area contributed by atoms with Crippen molar-refractivity contribution in [2.24, 2.45) is 10.9 Å². The lowest BCUT2D eigenvalue weighted by molar-refractivity contribution is 0.0187. The summed E-state index contributed by atoms with van der Waals surface area (Å²) in [6.45, 7) is 8.06. The Hall–Kier alpha value is -1.84. The zero-order valence-corrected chi connectivity index (χ0v) is 13.8. The maximum atomic E-state index is 12.0. The molecule has 1 aromatic rings. The largest absolute Gasteiger partial charge is 0.444 e. The van der Waals surface area contributed by atoms with Gasteiger partial charge in [-0.2, -0.15) is 0 Å². The van der Waals surface area contributed by atoms with Crippen molar-refractivity contribution in [2.45, 2.75) is 39.2 Å². The molecule has 120 valence electrons. The molecule has 0 saturated carbocycles. The molecule has 0 radical (unpaired) electrons. The van der Waals surface area contributed by atoms with Crippen molar-refractivity contribution in [3.8, 4) is 0 Å². The summed E-state index contributed by atoms with van der Waals surface area (Å²) in [5.74, 6) is 0.554. The number of aliphatic imine (C=N–C) groups is 1. The number of carbonyl (C=O) groups is 1. The van der Waals surface area contributed by atoms with Crippen molar-refractivity contribution in [3.63, 3.8) is 0 Å². The molecule has 4 heteroatoms. The van der Waals surface area contributed by atoms with Gasteiger partial charge in [0.1, 0.15) is 5.60 Å². The van der Waals surface area contributed by atoms with Crippen LogP contribution in [0.4, 0.5) is 4.79 Å². The minimum Gasteiger partial charge on any atom is -0.444 e. The van der Waals surface area contributed by atoms with E-state index in [1.807, 2.05) is 50.1 Å². The monoisotopic (exact) mass is 302 g/mol. The van der Waals surface area contributed by atoms with E-state index in [1.165, 1.54) is 0 Å². The summed E-state index contributed by atoms with van der Waals surface area (Å²) in [6.07, 6.45) is 3.72. The summed E-state index contributed by atoms with van der Waals surface area (Å²) in [5.41, 5.74) is 0.710. The number of likely N-dealkylation sites (tertiary alicyclic amines) is 1. The second kappa shape index (κ2) is 7.43. The third kappa shape index (κ3) is 5.51. The first-order valence-electron chi connectivity index (χ1n) is 7.97. The van der Waals surface area contributed by atoms with Gasteiger partial charge in [-0.3, -0.25) is 4.99 Å². The van der Waals surface area contributed by atoms with Crippen LogP contribution in [0.2, 0.25) is 0 Å². The second-order valence-corrected chi connectivity index (χ2v) is 6.82. The molecule has 0 bridgehead atoms. The summed E-state index contributed by atoms with van der Waals surface area (Å²) in [6, 6.07) is 10.1. The van der Waals surface area contributed by atoms with E-state index in [4.69, 9.17) is 4.74 Å². The molecule has 0 aliphatic carbocycles. The maximum absolute atomic E-state index is 12.0. The highest BCUT2D eigenvalue weighted by molar-refractivity contribution is 5.79. The van der Waals surface area contributed by atoms with Gasteiger partial charge in [-0.25, -0.2) is 4.79 Å². The van der Waals surface area contributed by atoms with Crippen molar-refractivity contribution < 1.29 is 9.53 Å². The molecular weight excluding hydrogens is 276 g/mol. The van der Waals surface area contributed by atoms with Gasteiger partial charge in [0.2, 0.25) is 0 Å². The van der Waals surface area contributed by atoms with Gasteiger partial charge in [0.05, 0.1) is 0 Å². The van der Waals surface area contributed by atoms with Crippen molar-refractivity contribution >= 4 is 12.3 Å². The Kier molecular flexibility index (Phi) is 5.58. The van der Waals surface area contributed by atoms with Crippen LogP contribution in [0.3, 0.4) is 0 Å². The number of ether oxygens (including phenoxy) is 1. The molecule has 0 spiro atoms. The SMILES string of the molecule is CC(C)(C)OC(=O)N1CCC(CN=Cc2ccccc2)CC1. The van der Waals surface area contributed by atoms with Crippen LogP contribution in [0.5, 0.6) is 0 Å². The number of carbonyl (C=O) groups excluding carboxylic acids is 1. The smallest absolute Gasteiger partial charge is 0.410 e. The fourth-order valence-electron chi connectivity index (χ4n) is 2.47. The van der Waals surface area contributed by atoms with Gasteiger partial charge in [0, 0.05) is 25.8 Å². The second-order valence-electron chi connectivity index (χ2n) is 6.82. The molecule has 1 aliphatic heterocycles. The van der Waals surface area contributed by atoms with Crippen LogP contribution in [0, 0.1) is 5.92 Å². The maximum Gasteiger partial charge on any atom is 0.410 e. The Labute approximate surface area is 133 Å². The minimum absolute atomic E-state index is 0.196. The third-order valence-corrected chi connectivity index (χ3v) is 3.67. The van der Waals surface area contributed by atoms with Crippen molar-refractivity contribution in [1.82, 2.24) is 4.90 Å². The van der Waals surface area contributed by atoms with Crippen LogP contribution in [0.1, 0.15) is 39.2 Å². The first-order valence-corrected chi connectivity index (χ1v) is 7.97. The van der Waals surface area contributed by atoms with Gasteiger partial charge in [-0.15, -0.1) is 0 Å². The fourth-order valence-corrected chi connectivity index (χ4v) is 2.47. The van der Waals surface area contributed by atoms with E-state index in [0.29, 0.717) is 5.92 Å². The normalized spacial score (nSPS) is 17.0. The van der Waals surface area contributed by atoms with E-state index in [-0.39, 0.29) is 6.09 Å². The van der Waals surface area contributed by atoms with Gasteiger partial charge in [0.25, 0.3) is 0 Å². The van der Waals surface area contributed by atoms with Gasteiger partial charge >= 0.3 is 6.09 Å². The highest BCUT2D eigenvalue weighted by Gasteiger charge is 2.26. The van der Waals surface area contributed by atoms with Crippen molar-refractivity contribution in [1.29, 1.82) is 0 Å². The van der Waals surface area contributed by atoms with Crippen molar-refractivity contribution in [3.05, 3.63) is 35.9 Å². The molecule has 2 rings (SSSR count).